The summed E-state index contributed by atoms with van der Waals surface area (Å²) < 4.78 is 10.7. The molecule has 1 saturated heterocycles. The summed E-state index contributed by atoms with van der Waals surface area (Å²) in [6, 6.07) is 0.202. The molecule has 1 fully saturated rings. The van der Waals surface area contributed by atoms with E-state index >= 15 is 0 Å². The van der Waals surface area contributed by atoms with Crippen LogP contribution >= 0.6 is 0 Å². The Bertz CT molecular complexity index is 172. The number of hydrogen-bond acceptors (Lipinski definition) is 4. The summed E-state index contributed by atoms with van der Waals surface area (Å²) in [6.07, 6.45) is 5.04. The fraction of sp³-hybridized carbons (Fsp3) is 1.00. The first-order valence-electron chi connectivity index (χ1n) is 6.27. The molecular weight excluding hydrogens is 204 g/mol. The predicted molar refractivity (Wildman–Crippen MR) is 65.6 cm³/mol. The molecular formula is C12H26N2O2. The lowest BCUT2D eigenvalue weighted by molar-refractivity contribution is -0.00244. The van der Waals surface area contributed by atoms with Crippen LogP contribution in [0.4, 0.5) is 0 Å². The Labute approximate surface area is 99.1 Å². The van der Waals surface area contributed by atoms with Crippen LogP contribution in [-0.4, -0.2) is 57.5 Å². The van der Waals surface area contributed by atoms with Gasteiger partial charge in [-0.15, -0.1) is 0 Å². The zero-order chi connectivity index (χ0) is 11.8. The molecule has 2 atom stereocenters. The van der Waals surface area contributed by atoms with E-state index in [0.717, 1.165) is 32.7 Å². The van der Waals surface area contributed by atoms with Gasteiger partial charge in [-0.25, -0.2) is 0 Å². The second kappa shape index (κ2) is 8.01. The summed E-state index contributed by atoms with van der Waals surface area (Å²) in [5.74, 6) is 0. The highest BCUT2D eigenvalue weighted by Crippen LogP contribution is 2.13. The van der Waals surface area contributed by atoms with Crippen LogP contribution in [0.5, 0.6) is 0 Å². The smallest absolute Gasteiger partial charge is 0.0701 e. The molecule has 0 radical (unpaired) electrons. The third kappa shape index (κ3) is 5.80. The number of nitrogens with two attached hydrogens (primary N) is 1. The first-order valence-corrected chi connectivity index (χ1v) is 6.27. The van der Waals surface area contributed by atoms with Gasteiger partial charge >= 0.3 is 0 Å². The minimum Gasteiger partial charge on any atom is -0.385 e. The molecule has 0 aromatic carbocycles. The third-order valence-electron chi connectivity index (χ3n) is 3.03. The number of methoxy groups -OCH3 is 1. The van der Waals surface area contributed by atoms with Crippen molar-refractivity contribution in [1.82, 2.24) is 4.90 Å². The van der Waals surface area contributed by atoms with E-state index in [2.05, 4.69) is 11.9 Å². The predicted octanol–water partition coefficient (Wildman–Crippen LogP) is 0.851. The van der Waals surface area contributed by atoms with Crippen LogP contribution in [0.25, 0.3) is 0 Å². The van der Waals surface area contributed by atoms with E-state index in [-0.39, 0.29) is 6.04 Å². The van der Waals surface area contributed by atoms with Gasteiger partial charge in [0.25, 0.3) is 0 Å². The van der Waals surface area contributed by atoms with Crippen LogP contribution in [0.3, 0.4) is 0 Å². The van der Waals surface area contributed by atoms with Crippen LogP contribution < -0.4 is 5.73 Å². The molecule has 2 N–H and O–H groups in total. The first-order chi connectivity index (χ1) is 7.72. The highest BCUT2D eigenvalue weighted by molar-refractivity contribution is 4.71. The quantitative estimate of drug-likeness (QED) is 0.704. The lowest BCUT2D eigenvalue weighted by Gasteiger charge is -2.28. The molecule has 0 spiro atoms. The van der Waals surface area contributed by atoms with Crippen molar-refractivity contribution in [2.75, 3.05) is 40.5 Å². The standard InChI is InChI=1S/C12H26N2O2/c1-14(9-11(13)6-8-15-2)10-12-5-3-4-7-16-12/h11-12H,3-10,13H2,1-2H3. The number of ether oxygens (including phenoxy) is 2. The van der Waals surface area contributed by atoms with Gasteiger partial charge in [0, 0.05) is 39.5 Å². The topological polar surface area (TPSA) is 47.7 Å². The Morgan fingerprint density at radius 2 is 2.31 bits per heavy atom. The summed E-state index contributed by atoms with van der Waals surface area (Å²) in [6.45, 7) is 3.59. The van der Waals surface area contributed by atoms with Crippen molar-refractivity contribution in [3.63, 3.8) is 0 Å². The highest BCUT2D eigenvalue weighted by Gasteiger charge is 2.16. The minimum absolute atomic E-state index is 0.202. The Kier molecular flexibility index (Phi) is 6.96. The lowest BCUT2D eigenvalue weighted by Crippen LogP contribution is -2.40. The van der Waals surface area contributed by atoms with Crippen molar-refractivity contribution in [3.05, 3.63) is 0 Å². The van der Waals surface area contributed by atoms with Crippen molar-refractivity contribution in [2.45, 2.75) is 37.8 Å². The molecule has 0 aliphatic carbocycles. The summed E-state index contributed by atoms with van der Waals surface area (Å²) in [4.78, 5) is 2.27. The van der Waals surface area contributed by atoms with Crippen LogP contribution in [0, 0.1) is 0 Å². The fourth-order valence-electron chi connectivity index (χ4n) is 2.13. The number of hydrogen-bond donors (Lipinski definition) is 1. The van der Waals surface area contributed by atoms with Gasteiger partial charge in [0.2, 0.25) is 0 Å². The van der Waals surface area contributed by atoms with Gasteiger partial charge in [-0.05, 0) is 32.7 Å². The van der Waals surface area contributed by atoms with Crippen LogP contribution in [0.15, 0.2) is 0 Å². The van der Waals surface area contributed by atoms with Gasteiger partial charge in [0.1, 0.15) is 0 Å². The van der Waals surface area contributed by atoms with Crippen LogP contribution in [-0.2, 0) is 9.47 Å². The summed E-state index contributed by atoms with van der Waals surface area (Å²) in [7, 11) is 3.83. The number of nitrogens with zero attached hydrogens (tertiary/aromatic N) is 1. The lowest BCUT2D eigenvalue weighted by atomic mass is 10.1. The van der Waals surface area contributed by atoms with Crippen LogP contribution in [0.1, 0.15) is 25.7 Å². The zero-order valence-corrected chi connectivity index (χ0v) is 10.7. The normalized spacial score (nSPS) is 23.6. The van der Waals surface area contributed by atoms with E-state index in [1.807, 2.05) is 0 Å². The van der Waals surface area contributed by atoms with Gasteiger partial charge in [0.05, 0.1) is 6.10 Å². The molecule has 0 amide bonds. The SMILES string of the molecule is COCCC(N)CN(C)CC1CCCCO1. The van der Waals surface area contributed by atoms with E-state index < -0.39 is 0 Å². The third-order valence-corrected chi connectivity index (χ3v) is 3.03. The van der Waals surface area contributed by atoms with Crippen molar-refractivity contribution < 1.29 is 9.47 Å². The fourth-order valence-corrected chi connectivity index (χ4v) is 2.13. The van der Waals surface area contributed by atoms with Gasteiger partial charge in [-0.3, -0.25) is 0 Å². The molecule has 2 unspecified atom stereocenters. The average molecular weight is 230 g/mol. The Morgan fingerprint density at radius 1 is 1.50 bits per heavy atom. The molecule has 0 saturated carbocycles. The minimum atomic E-state index is 0.202. The molecule has 0 aromatic rings. The highest BCUT2D eigenvalue weighted by atomic mass is 16.5. The molecule has 1 heterocycles. The Hall–Kier alpha value is -0.160. The molecule has 16 heavy (non-hydrogen) atoms. The van der Waals surface area contributed by atoms with Gasteiger partial charge < -0.3 is 20.1 Å². The van der Waals surface area contributed by atoms with Crippen molar-refractivity contribution in [3.8, 4) is 0 Å². The maximum atomic E-state index is 6.00. The molecule has 4 heteroatoms. The maximum Gasteiger partial charge on any atom is 0.0701 e. The molecule has 4 nitrogen and oxygen atoms in total. The molecule has 0 bridgehead atoms. The van der Waals surface area contributed by atoms with Gasteiger partial charge in [-0.1, -0.05) is 0 Å². The first kappa shape index (κ1) is 13.9. The molecule has 96 valence electrons. The maximum absolute atomic E-state index is 6.00. The van der Waals surface area contributed by atoms with Gasteiger partial charge in [0.15, 0.2) is 0 Å². The van der Waals surface area contributed by atoms with E-state index in [0.29, 0.717) is 6.10 Å². The number of rotatable bonds is 7. The Morgan fingerprint density at radius 3 is 2.94 bits per heavy atom. The van der Waals surface area contributed by atoms with E-state index in [4.69, 9.17) is 15.2 Å². The van der Waals surface area contributed by atoms with E-state index in [9.17, 15) is 0 Å². The second-order valence-corrected chi connectivity index (χ2v) is 4.75. The van der Waals surface area contributed by atoms with Crippen molar-refractivity contribution in [2.24, 2.45) is 5.73 Å². The molecule has 1 aliphatic heterocycles. The van der Waals surface area contributed by atoms with Crippen LogP contribution in [0.2, 0.25) is 0 Å². The van der Waals surface area contributed by atoms with Gasteiger partial charge in [-0.2, -0.15) is 0 Å². The summed E-state index contributed by atoms with van der Waals surface area (Å²) in [5.41, 5.74) is 6.00. The van der Waals surface area contributed by atoms with Crippen molar-refractivity contribution in [1.29, 1.82) is 0 Å². The monoisotopic (exact) mass is 230 g/mol. The summed E-state index contributed by atoms with van der Waals surface area (Å²) in [5, 5.41) is 0. The Balaban J connectivity index is 2.11. The largest absolute Gasteiger partial charge is 0.385 e. The number of likely N-dealkylation sites (N-methyl/N-ethyl adjacent to an activating group) is 1. The van der Waals surface area contributed by atoms with E-state index in [1.165, 1.54) is 19.3 Å². The van der Waals surface area contributed by atoms with Crippen molar-refractivity contribution >= 4 is 0 Å². The average Bonchev–Trinajstić information content (AvgIpc) is 2.27. The zero-order valence-electron chi connectivity index (χ0n) is 10.7. The second-order valence-electron chi connectivity index (χ2n) is 4.75. The van der Waals surface area contributed by atoms with E-state index in [1.54, 1.807) is 7.11 Å². The molecule has 0 aromatic heterocycles. The molecule has 1 rings (SSSR count). The molecule has 1 aliphatic rings. The summed E-state index contributed by atoms with van der Waals surface area (Å²) >= 11 is 0.